The Morgan fingerprint density at radius 2 is 1.66 bits per heavy atom. The highest BCUT2D eigenvalue weighted by molar-refractivity contribution is 6.02. The van der Waals surface area contributed by atoms with Gasteiger partial charge in [-0.15, -0.1) is 0 Å². The van der Waals surface area contributed by atoms with E-state index >= 15 is 0 Å². The predicted octanol–water partition coefficient (Wildman–Crippen LogP) is 2.06. The van der Waals surface area contributed by atoms with Crippen molar-refractivity contribution in [2.75, 3.05) is 65.0 Å². The summed E-state index contributed by atoms with van der Waals surface area (Å²) in [6.45, 7) is 5.15. The first-order chi connectivity index (χ1) is 17.2. The minimum atomic E-state index is -0.423. The summed E-state index contributed by atoms with van der Waals surface area (Å²) in [5.74, 6) is 0.935. The third kappa shape index (κ3) is 5.58. The minimum Gasteiger partial charge on any atom is -0.497 e. The van der Waals surface area contributed by atoms with Crippen molar-refractivity contribution < 1.29 is 19.0 Å². The number of anilines is 1. The SMILES string of the molecule is COc1ccc([C@@H]2CC(c3ccc(NC(C(=O)N4CCOCC4)N4CCOCC4)cc3)=NN2)cc1. The Morgan fingerprint density at radius 3 is 2.31 bits per heavy atom. The summed E-state index contributed by atoms with van der Waals surface area (Å²) in [4.78, 5) is 17.4. The number of benzene rings is 2. The molecule has 35 heavy (non-hydrogen) atoms. The first kappa shape index (κ1) is 23.6. The van der Waals surface area contributed by atoms with Gasteiger partial charge in [0.25, 0.3) is 5.91 Å². The van der Waals surface area contributed by atoms with Crippen LogP contribution in [0.5, 0.6) is 5.75 Å². The number of hydrogen-bond acceptors (Lipinski definition) is 8. The first-order valence-corrected chi connectivity index (χ1v) is 12.2. The molecule has 186 valence electrons. The maximum Gasteiger partial charge on any atom is 0.260 e. The van der Waals surface area contributed by atoms with E-state index in [2.05, 4.69) is 45.0 Å². The van der Waals surface area contributed by atoms with E-state index in [0.29, 0.717) is 39.5 Å². The molecule has 0 saturated carbocycles. The van der Waals surface area contributed by atoms with Crippen LogP contribution in [0.25, 0.3) is 0 Å². The second-order valence-electron chi connectivity index (χ2n) is 8.93. The average Bonchev–Trinajstić information content (AvgIpc) is 3.43. The van der Waals surface area contributed by atoms with Gasteiger partial charge in [0.15, 0.2) is 6.17 Å². The van der Waals surface area contributed by atoms with Crippen molar-refractivity contribution in [1.82, 2.24) is 15.2 Å². The Morgan fingerprint density at radius 1 is 1.00 bits per heavy atom. The molecule has 2 saturated heterocycles. The van der Waals surface area contributed by atoms with Crippen molar-refractivity contribution in [2.45, 2.75) is 18.6 Å². The number of hydrazone groups is 1. The average molecular weight is 480 g/mol. The highest BCUT2D eigenvalue weighted by atomic mass is 16.5. The van der Waals surface area contributed by atoms with Gasteiger partial charge in [-0.25, -0.2) is 0 Å². The monoisotopic (exact) mass is 479 g/mol. The maximum absolute atomic E-state index is 13.4. The molecular formula is C26H33N5O4. The Kier molecular flexibility index (Phi) is 7.46. The second kappa shape index (κ2) is 11.1. The molecule has 2 fully saturated rings. The number of carbonyl (C=O) groups is 1. The summed E-state index contributed by atoms with van der Waals surface area (Å²) < 4.78 is 16.2. The van der Waals surface area contributed by atoms with Crippen molar-refractivity contribution in [3.8, 4) is 5.75 Å². The van der Waals surface area contributed by atoms with Crippen LogP contribution in [0.2, 0.25) is 0 Å². The molecule has 3 aliphatic heterocycles. The van der Waals surface area contributed by atoms with Crippen molar-refractivity contribution in [2.24, 2.45) is 5.10 Å². The van der Waals surface area contributed by atoms with Gasteiger partial charge in [0.1, 0.15) is 5.75 Å². The van der Waals surface area contributed by atoms with Crippen molar-refractivity contribution >= 4 is 17.3 Å². The van der Waals surface area contributed by atoms with Gasteiger partial charge < -0.3 is 29.9 Å². The molecule has 2 aromatic carbocycles. The van der Waals surface area contributed by atoms with Crippen LogP contribution < -0.4 is 15.5 Å². The number of hydrogen-bond donors (Lipinski definition) is 2. The smallest absolute Gasteiger partial charge is 0.260 e. The number of amides is 1. The maximum atomic E-state index is 13.4. The van der Waals surface area contributed by atoms with Gasteiger partial charge in [0, 0.05) is 38.3 Å². The van der Waals surface area contributed by atoms with Crippen LogP contribution in [-0.2, 0) is 14.3 Å². The molecule has 3 heterocycles. The molecule has 0 aromatic heterocycles. The normalized spacial score (nSPS) is 21.7. The first-order valence-electron chi connectivity index (χ1n) is 12.2. The van der Waals surface area contributed by atoms with E-state index in [1.165, 1.54) is 5.56 Å². The van der Waals surface area contributed by atoms with E-state index in [4.69, 9.17) is 14.2 Å². The third-order valence-electron chi connectivity index (χ3n) is 6.76. The van der Waals surface area contributed by atoms with Gasteiger partial charge in [-0.05, 0) is 35.4 Å². The van der Waals surface area contributed by atoms with Crippen LogP contribution in [0.3, 0.4) is 0 Å². The lowest BCUT2D eigenvalue weighted by Crippen LogP contribution is -2.57. The third-order valence-corrected chi connectivity index (χ3v) is 6.76. The molecule has 9 nitrogen and oxygen atoms in total. The Labute approximate surface area is 206 Å². The number of nitrogens with one attached hydrogen (secondary N) is 2. The zero-order valence-electron chi connectivity index (χ0n) is 20.1. The van der Waals surface area contributed by atoms with Gasteiger partial charge in [0.2, 0.25) is 0 Å². The van der Waals surface area contributed by atoms with Gasteiger partial charge >= 0.3 is 0 Å². The Balaban J connectivity index is 1.24. The largest absolute Gasteiger partial charge is 0.497 e. The van der Waals surface area contributed by atoms with Crippen molar-refractivity contribution in [3.05, 3.63) is 59.7 Å². The van der Waals surface area contributed by atoms with Crippen LogP contribution in [0.4, 0.5) is 5.69 Å². The number of ether oxygens (including phenoxy) is 3. The summed E-state index contributed by atoms with van der Waals surface area (Å²) in [5, 5.41) is 8.06. The molecule has 2 N–H and O–H groups in total. The van der Waals surface area contributed by atoms with Crippen LogP contribution in [-0.4, -0.2) is 87.3 Å². The summed E-state index contributed by atoms with van der Waals surface area (Å²) in [6.07, 6.45) is 0.387. The van der Waals surface area contributed by atoms with Crippen molar-refractivity contribution in [1.29, 1.82) is 0 Å². The Bertz CT molecular complexity index is 1020. The van der Waals surface area contributed by atoms with Gasteiger partial charge in [0.05, 0.1) is 45.3 Å². The van der Waals surface area contributed by atoms with E-state index in [1.807, 2.05) is 29.2 Å². The minimum absolute atomic E-state index is 0.0889. The van der Waals surface area contributed by atoms with E-state index in [-0.39, 0.29) is 11.9 Å². The number of carbonyl (C=O) groups excluding carboxylic acids is 1. The van der Waals surface area contributed by atoms with E-state index in [1.54, 1.807) is 7.11 Å². The standard InChI is InChI=1S/C26H33N5O4/c1-33-22-8-4-20(5-9-22)24-18-23(28-29-24)19-2-6-21(7-3-19)27-25(30-10-14-34-15-11-30)26(32)31-12-16-35-17-13-31/h2-9,24-25,27,29H,10-18H2,1H3/t24-,25?/m0/s1. The molecule has 0 radical (unpaired) electrons. The van der Waals surface area contributed by atoms with Gasteiger partial charge in [-0.3, -0.25) is 9.69 Å². The van der Waals surface area contributed by atoms with Gasteiger partial charge in [-0.1, -0.05) is 24.3 Å². The quantitative estimate of drug-likeness (QED) is 0.629. The molecule has 0 aliphatic carbocycles. The lowest BCUT2D eigenvalue weighted by atomic mass is 9.99. The van der Waals surface area contributed by atoms with Crippen LogP contribution in [0.15, 0.2) is 53.6 Å². The van der Waals surface area contributed by atoms with Gasteiger partial charge in [-0.2, -0.15) is 5.10 Å². The van der Waals surface area contributed by atoms with Crippen LogP contribution in [0, 0.1) is 0 Å². The molecule has 0 spiro atoms. The second-order valence-corrected chi connectivity index (χ2v) is 8.93. The fraction of sp³-hybridized carbons (Fsp3) is 0.462. The molecule has 1 amide bonds. The number of rotatable bonds is 7. The number of morpholine rings is 2. The molecular weight excluding hydrogens is 446 g/mol. The molecule has 2 aromatic rings. The Hall–Kier alpha value is -3.14. The number of nitrogens with zero attached hydrogens (tertiary/aromatic N) is 3. The predicted molar refractivity (Wildman–Crippen MR) is 134 cm³/mol. The highest BCUT2D eigenvalue weighted by Gasteiger charge is 2.32. The zero-order valence-corrected chi connectivity index (χ0v) is 20.1. The topological polar surface area (TPSA) is 87.7 Å². The summed E-state index contributed by atoms with van der Waals surface area (Å²) in [6, 6.07) is 16.4. The molecule has 9 heteroatoms. The lowest BCUT2D eigenvalue weighted by Gasteiger charge is -2.38. The van der Waals surface area contributed by atoms with E-state index < -0.39 is 6.17 Å². The molecule has 1 unspecified atom stereocenters. The molecule has 2 atom stereocenters. The van der Waals surface area contributed by atoms with Crippen LogP contribution >= 0.6 is 0 Å². The van der Waals surface area contributed by atoms with E-state index in [9.17, 15) is 4.79 Å². The molecule has 5 rings (SSSR count). The molecule has 0 bridgehead atoms. The highest BCUT2D eigenvalue weighted by Crippen LogP contribution is 2.26. The number of methoxy groups -OCH3 is 1. The molecule has 3 aliphatic rings. The lowest BCUT2D eigenvalue weighted by molar-refractivity contribution is -0.141. The van der Waals surface area contributed by atoms with Crippen molar-refractivity contribution in [3.63, 3.8) is 0 Å². The van der Waals surface area contributed by atoms with E-state index in [0.717, 1.165) is 42.2 Å². The summed E-state index contributed by atoms with van der Waals surface area (Å²) in [7, 11) is 1.67. The fourth-order valence-electron chi connectivity index (χ4n) is 4.67. The van der Waals surface area contributed by atoms with Crippen LogP contribution in [0.1, 0.15) is 23.6 Å². The summed E-state index contributed by atoms with van der Waals surface area (Å²) >= 11 is 0. The zero-order chi connectivity index (χ0) is 24.0. The fourth-order valence-corrected chi connectivity index (χ4v) is 4.67. The summed E-state index contributed by atoms with van der Waals surface area (Å²) in [5.41, 5.74) is 7.43.